The Morgan fingerprint density at radius 3 is 1.03 bits per heavy atom. The molecule has 0 unspecified atom stereocenters. The Hall–Kier alpha value is -12.9. The number of benzene rings is 13. The van der Waals surface area contributed by atoms with Crippen LogP contribution in [0.15, 0.2) is 315 Å². The molecular weight excluding hydrogens is 1150 g/mol. The quantitative estimate of drug-likeness (QED) is 0.135. The van der Waals surface area contributed by atoms with Crippen molar-refractivity contribution in [3.8, 4) is 91.1 Å². The van der Waals surface area contributed by atoms with Gasteiger partial charge in [-0.25, -0.2) is 19.9 Å². The van der Waals surface area contributed by atoms with Crippen molar-refractivity contribution in [2.75, 3.05) is 0 Å². The fourth-order valence-corrected chi connectivity index (χ4v) is 14.2. The van der Waals surface area contributed by atoms with Gasteiger partial charge in [-0.3, -0.25) is 4.57 Å². The van der Waals surface area contributed by atoms with E-state index in [4.69, 9.17) is 29.9 Å². The van der Waals surface area contributed by atoms with E-state index < -0.39 is 0 Å². The molecule has 19 rings (SSSR count). The molecule has 6 aromatic heterocycles. The summed E-state index contributed by atoms with van der Waals surface area (Å²) in [6.45, 7) is 0. The summed E-state index contributed by atoms with van der Waals surface area (Å²) in [7, 11) is 0. The molecule has 0 aliphatic carbocycles. The van der Waals surface area contributed by atoms with Crippen LogP contribution in [0, 0.1) is 0 Å². The summed E-state index contributed by atoms with van der Waals surface area (Å²) in [5, 5.41) is 9.29. The number of nitrogens with zero attached hydrogens (tertiary/aromatic N) is 10. The number of hydrogen-bond donors (Lipinski definition) is 0. The van der Waals surface area contributed by atoms with E-state index in [0.717, 1.165) is 116 Å². The van der Waals surface area contributed by atoms with Gasteiger partial charge >= 0.3 is 0 Å². The van der Waals surface area contributed by atoms with Gasteiger partial charge in [0.1, 0.15) is 0 Å². The monoisotopic (exact) mass is 1200 g/mol. The number of aromatic nitrogens is 10. The van der Waals surface area contributed by atoms with Gasteiger partial charge in [0.05, 0.1) is 44.1 Å². The van der Waals surface area contributed by atoms with Crippen LogP contribution in [-0.2, 0) is 0 Å². The Morgan fingerprint density at radius 2 is 0.500 bits per heavy atom. The zero-order valence-electron chi connectivity index (χ0n) is 50.5. The fourth-order valence-electron chi connectivity index (χ4n) is 14.2. The van der Waals surface area contributed by atoms with Gasteiger partial charge in [-0.15, -0.1) is 0 Å². The van der Waals surface area contributed by atoms with Crippen molar-refractivity contribution in [3.05, 3.63) is 315 Å². The highest BCUT2D eigenvalue weighted by atomic mass is 15.2. The summed E-state index contributed by atoms with van der Waals surface area (Å²) in [6.07, 6.45) is 0. The molecular formula is C84H52N10. The molecule has 0 fully saturated rings. The van der Waals surface area contributed by atoms with Crippen LogP contribution >= 0.6 is 0 Å². The predicted molar refractivity (Wildman–Crippen MR) is 383 cm³/mol. The van der Waals surface area contributed by atoms with Crippen LogP contribution in [0.25, 0.3) is 178 Å². The van der Waals surface area contributed by atoms with Crippen LogP contribution in [0.3, 0.4) is 0 Å². The average molecular weight is 1200 g/mol. The van der Waals surface area contributed by atoms with Crippen LogP contribution < -0.4 is 0 Å². The third-order valence-corrected chi connectivity index (χ3v) is 18.4. The van der Waals surface area contributed by atoms with E-state index in [1.807, 2.05) is 36.4 Å². The molecule has 10 nitrogen and oxygen atoms in total. The minimum Gasteiger partial charge on any atom is -0.309 e. The van der Waals surface area contributed by atoms with E-state index in [2.05, 4.69) is 297 Å². The first-order valence-corrected chi connectivity index (χ1v) is 31.6. The van der Waals surface area contributed by atoms with Crippen molar-refractivity contribution in [2.24, 2.45) is 0 Å². The zero-order chi connectivity index (χ0) is 61.8. The average Bonchev–Trinajstić information content (AvgIpc) is 1.56. The molecule has 0 bridgehead atoms. The maximum atomic E-state index is 5.41. The second kappa shape index (κ2) is 21.4. The number of hydrogen-bond acceptors (Lipinski definition) is 6. The third kappa shape index (κ3) is 8.51. The van der Waals surface area contributed by atoms with Crippen molar-refractivity contribution >= 4 is 87.2 Å². The molecule has 6 heterocycles. The van der Waals surface area contributed by atoms with Gasteiger partial charge in [-0.1, -0.05) is 237 Å². The summed E-state index contributed by atoms with van der Waals surface area (Å²) in [4.78, 5) is 31.7. The number of para-hydroxylation sites is 6. The van der Waals surface area contributed by atoms with Crippen LogP contribution in [0.2, 0.25) is 0 Å². The molecule has 0 aliphatic rings. The summed E-state index contributed by atoms with van der Waals surface area (Å²) in [6, 6.07) is 111. The Balaban J connectivity index is 0.717. The van der Waals surface area contributed by atoms with Gasteiger partial charge < -0.3 is 13.7 Å². The molecule has 10 heteroatoms. The number of rotatable bonds is 10. The van der Waals surface area contributed by atoms with Crippen LogP contribution in [0.1, 0.15) is 0 Å². The fraction of sp³-hybridized carbons (Fsp3) is 0. The molecule has 0 atom stereocenters. The lowest BCUT2D eigenvalue weighted by molar-refractivity contribution is 0.954. The molecule has 13 aromatic carbocycles. The van der Waals surface area contributed by atoms with Crippen molar-refractivity contribution in [1.82, 2.24) is 48.2 Å². The van der Waals surface area contributed by atoms with Crippen LogP contribution in [-0.4, -0.2) is 48.2 Å². The summed E-state index contributed by atoms with van der Waals surface area (Å²) in [5.74, 6) is 3.41. The maximum Gasteiger partial charge on any atom is 0.238 e. The standard InChI is InChI=1S/C84H52N10/c1-5-23-54(24-6-1)79-85-80(87-82(86-79)59-29-22-34-62(50-59)93-73-41-19-14-36-64(73)68-48-47-67-63-35-13-18-40-72(63)92(77(67)78(68)93)61-32-11-4-12-33-61)56-45-43-53(44-46-56)57-27-21-28-58(49-57)83-88-81(55-25-7-2-8-26-55)89-84(90-83)94-74-42-20-16-38-66(74)70-51-75-69(52-76(70)94)65-37-15-17-39-71(65)91(75)60-30-9-3-10-31-60/h1-52H. The van der Waals surface area contributed by atoms with Gasteiger partial charge in [-0.2, -0.15) is 9.97 Å². The highest BCUT2D eigenvalue weighted by Crippen LogP contribution is 2.44. The van der Waals surface area contributed by atoms with Crippen molar-refractivity contribution in [2.45, 2.75) is 0 Å². The van der Waals surface area contributed by atoms with E-state index in [0.29, 0.717) is 35.1 Å². The van der Waals surface area contributed by atoms with Crippen molar-refractivity contribution in [3.63, 3.8) is 0 Å². The molecule has 0 saturated carbocycles. The van der Waals surface area contributed by atoms with Gasteiger partial charge in [-0.05, 0) is 90.0 Å². The minimum atomic E-state index is 0.533. The second-order valence-electron chi connectivity index (χ2n) is 23.9. The Kier molecular flexibility index (Phi) is 12.0. The van der Waals surface area contributed by atoms with E-state index >= 15 is 0 Å². The first-order valence-electron chi connectivity index (χ1n) is 31.6. The smallest absolute Gasteiger partial charge is 0.238 e. The highest BCUT2D eigenvalue weighted by Gasteiger charge is 2.25. The number of fused-ring (bicyclic) bond motifs is 13. The van der Waals surface area contributed by atoms with Gasteiger partial charge in [0, 0.05) is 88.0 Å². The van der Waals surface area contributed by atoms with Crippen LogP contribution in [0.4, 0.5) is 0 Å². The largest absolute Gasteiger partial charge is 0.309 e. The van der Waals surface area contributed by atoms with E-state index in [-0.39, 0.29) is 0 Å². The SMILES string of the molecule is c1ccc(-c2nc(-c3ccc(-c4cccc(-c5nc(-c6ccccc6)nc(-n6c7ccccc7c7cc8c(cc76)c6ccccc6n8-c6ccccc6)n5)c4)cc3)nc(-c3cccc(-n4c5ccccc5c5ccc6c7ccccc7n(-c7ccccc7)c6c54)c3)n2)cc1. The molecule has 0 saturated heterocycles. The summed E-state index contributed by atoms with van der Waals surface area (Å²) in [5.41, 5.74) is 18.4. The minimum absolute atomic E-state index is 0.533. The summed E-state index contributed by atoms with van der Waals surface area (Å²) < 4.78 is 9.41. The molecule has 19 aromatic rings. The Morgan fingerprint density at radius 1 is 0.170 bits per heavy atom. The normalized spacial score (nSPS) is 11.8. The summed E-state index contributed by atoms with van der Waals surface area (Å²) >= 11 is 0. The van der Waals surface area contributed by atoms with E-state index in [1.54, 1.807) is 0 Å². The van der Waals surface area contributed by atoms with Crippen molar-refractivity contribution < 1.29 is 0 Å². The Labute approximate surface area is 538 Å². The predicted octanol–water partition coefficient (Wildman–Crippen LogP) is 20.4. The molecule has 438 valence electrons. The zero-order valence-corrected chi connectivity index (χ0v) is 50.5. The first-order chi connectivity index (χ1) is 46.6. The molecule has 0 amide bonds. The first kappa shape index (κ1) is 53.0. The Bertz CT molecular complexity index is 6210. The molecule has 0 spiro atoms. The molecule has 94 heavy (non-hydrogen) atoms. The lowest BCUT2D eigenvalue weighted by Crippen LogP contribution is -2.06. The molecule has 0 radical (unpaired) electrons. The maximum absolute atomic E-state index is 5.41. The van der Waals surface area contributed by atoms with Gasteiger partial charge in [0.15, 0.2) is 29.1 Å². The van der Waals surface area contributed by atoms with Gasteiger partial charge in [0.25, 0.3) is 0 Å². The van der Waals surface area contributed by atoms with E-state index in [1.165, 1.54) is 26.9 Å². The van der Waals surface area contributed by atoms with Crippen LogP contribution in [0.5, 0.6) is 0 Å². The lowest BCUT2D eigenvalue weighted by Gasteiger charge is -2.14. The highest BCUT2D eigenvalue weighted by molar-refractivity contribution is 6.24. The topological polar surface area (TPSA) is 97.1 Å². The second-order valence-corrected chi connectivity index (χ2v) is 23.9. The molecule has 0 aliphatic heterocycles. The van der Waals surface area contributed by atoms with E-state index in [9.17, 15) is 0 Å². The van der Waals surface area contributed by atoms with Gasteiger partial charge in [0.2, 0.25) is 5.95 Å². The third-order valence-electron chi connectivity index (χ3n) is 18.4. The molecule has 0 N–H and O–H groups in total. The lowest BCUT2D eigenvalue weighted by atomic mass is 10.0. The van der Waals surface area contributed by atoms with Crippen molar-refractivity contribution in [1.29, 1.82) is 0 Å².